The number of hydrogen-bond acceptors (Lipinski definition) is 6. The van der Waals surface area contributed by atoms with Crippen LogP contribution in [0.15, 0.2) is 29.3 Å². The van der Waals surface area contributed by atoms with Gasteiger partial charge in [-0.05, 0) is 17.7 Å². The van der Waals surface area contributed by atoms with Crippen LogP contribution in [0.2, 0.25) is 0 Å². The number of fused-ring (bicyclic) bond motifs is 1. The predicted molar refractivity (Wildman–Crippen MR) is 70.0 cm³/mol. The average Bonchev–Trinajstić information content (AvgIpc) is 2.46. The van der Waals surface area contributed by atoms with Crippen molar-refractivity contribution in [1.82, 2.24) is 9.97 Å². The Labute approximate surface area is 113 Å². The minimum Gasteiger partial charge on any atom is -0.469 e. The van der Waals surface area contributed by atoms with Crippen LogP contribution < -0.4 is 5.56 Å². The van der Waals surface area contributed by atoms with E-state index in [1.54, 1.807) is 0 Å². The van der Waals surface area contributed by atoms with Crippen LogP contribution in [-0.4, -0.2) is 39.4 Å². The lowest BCUT2D eigenvalue weighted by atomic mass is 10.0. The van der Waals surface area contributed by atoms with Gasteiger partial charge < -0.3 is 19.9 Å². The number of aromatic amines is 1. The molecule has 7 heteroatoms. The van der Waals surface area contributed by atoms with E-state index >= 15 is 0 Å². The molecule has 1 aromatic heterocycles. The Kier molecular flexibility index (Phi) is 4.11. The number of aliphatic hydroxyl groups is 2. The molecule has 2 rings (SSSR count). The van der Waals surface area contributed by atoms with Gasteiger partial charge in [-0.1, -0.05) is 6.07 Å². The monoisotopic (exact) mass is 278 g/mol. The van der Waals surface area contributed by atoms with Gasteiger partial charge in [-0.2, -0.15) is 0 Å². The van der Waals surface area contributed by atoms with Crippen LogP contribution in [0.1, 0.15) is 18.1 Å². The third kappa shape index (κ3) is 2.84. The standard InChI is InChI=1S/C13H14N2O5/c1-20-11(17)5-10(16)12(18)7-2-3-8-9(4-7)14-6-15-13(8)19/h2-4,6,10,12,16,18H,5H2,1H3,(H,14,15,19). The fourth-order valence-electron chi connectivity index (χ4n) is 1.86. The Bertz CT molecular complexity index is 682. The molecule has 2 atom stereocenters. The number of hydrogen-bond donors (Lipinski definition) is 3. The molecule has 1 heterocycles. The van der Waals surface area contributed by atoms with Crippen LogP contribution in [0.3, 0.4) is 0 Å². The molecule has 0 spiro atoms. The lowest BCUT2D eigenvalue weighted by Crippen LogP contribution is -2.22. The number of aromatic nitrogens is 2. The Morgan fingerprint density at radius 2 is 2.20 bits per heavy atom. The SMILES string of the molecule is COC(=O)CC(O)C(O)c1ccc2c(=O)[nH]cnc2c1. The number of benzene rings is 1. The summed E-state index contributed by atoms with van der Waals surface area (Å²) >= 11 is 0. The molecular weight excluding hydrogens is 264 g/mol. The van der Waals surface area contributed by atoms with Crippen molar-refractivity contribution in [3.8, 4) is 0 Å². The molecule has 7 nitrogen and oxygen atoms in total. The van der Waals surface area contributed by atoms with Crippen LogP contribution in [0.5, 0.6) is 0 Å². The van der Waals surface area contributed by atoms with Crippen molar-refractivity contribution in [3.63, 3.8) is 0 Å². The number of rotatable bonds is 4. The molecule has 3 N–H and O–H groups in total. The van der Waals surface area contributed by atoms with Crippen LogP contribution in [-0.2, 0) is 9.53 Å². The largest absolute Gasteiger partial charge is 0.469 e. The van der Waals surface area contributed by atoms with Crippen molar-refractivity contribution >= 4 is 16.9 Å². The molecule has 0 aliphatic rings. The molecular formula is C13H14N2O5. The van der Waals surface area contributed by atoms with Crippen LogP contribution in [0.4, 0.5) is 0 Å². The van der Waals surface area contributed by atoms with Gasteiger partial charge in [0.15, 0.2) is 0 Å². The molecule has 0 fully saturated rings. The van der Waals surface area contributed by atoms with Crippen molar-refractivity contribution in [2.45, 2.75) is 18.6 Å². The number of nitrogens with zero attached hydrogens (tertiary/aromatic N) is 1. The first kappa shape index (κ1) is 14.2. The summed E-state index contributed by atoms with van der Waals surface area (Å²) in [6.45, 7) is 0. The summed E-state index contributed by atoms with van der Waals surface area (Å²) in [5.41, 5.74) is 0.480. The highest BCUT2D eigenvalue weighted by molar-refractivity contribution is 5.78. The van der Waals surface area contributed by atoms with Crippen molar-refractivity contribution in [2.24, 2.45) is 0 Å². The van der Waals surface area contributed by atoms with E-state index in [1.165, 1.54) is 31.6 Å². The Morgan fingerprint density at radius 3 is 2.90 bits per heavy atom. The molecule has 2 aromatic rings. The molecule has 0 saturated heterocycles. The highest BCUT2D eigenvalue weighted by Gasteiger charge is 2.22. The quantitative estimate of drug-likeness (QED) is 0.672. The maximum absolute atomic E-state index is 11.5. The number of nitrogens with one attached hydrogen (secondary N) is 1. The number of carbonyl (C=O) groups excluding carboxylic acids is 1. The average molecular weight is 278 g/mol. The Hall–Kier alpha value is -2.25. The van der Waals surface area contributed by atoms with E-state index in [0.29, 0.717) is 16.5 Å². The second kappa shape index (κ2) is 5.81. The van der Waals surface area contributed by atoms with Crippen molar-refractivity contribution in [1.29, 1.82) is 0 Å². The summed E-state index contributed by atoms with van der Waals surface area (Å²) < 4.78 is 4.43. The highest BCUT2D eigenvalue weighted by Crippen LogP contribution is 2.21. The molecule has 0 saturated carbocycles. The lowest BCUT2D eigenvalue weighted by molar-refractivity contribution is -0.144. The number of esters is 1. The van der Waals surface area contributed by atoms with E-state index in [0.717, 1.165) is 0 Å². The van der Waals surface area contributed by atoms with E-state index in [4.69, 9.17) is 0 Å². The Morgan fingerprint density at radius 1 is 1.45 bits per heavy atom. The van der Waals surface area contributed by atoms with Crippen molar-refractivity contribution < 1.29 is 19.7 Å². The Balaban J connectivity index is 2.28. The number of carbonyl (C=O) groups is 1. The number of methoxy groups -OCH3 is 1. The summed E-state index contributed by atoms with van der Waals surface area (Å²) in [6.07, 6.45) is -1.62. The smallest absolute Gasteiger partial charge is 0.308 e. The van der Waals surface area contributed by atoms with Gasteiger partial charge in [0.2, 0.25) is 0 Å². The van der Waals surface area contributed by atoms with E-state index < -0.39 is 18.2 Å². The van der Waals surface area contributed by atoms with Gasteiger partial charge in [0.25, 0.3) is 5.56 Å². The van der Waals surface area contributed by atoms with Gasteiger partial charge in [0.1, 0.15) is 6.10 Å². The molecule has 0 radical (unpaired) electrons. The number of aliphatic hydroxyl groups excluding tert-OH is 2. The molecule has 0 amide bonds. The fourth-order valence-corrected chi connectivity index (χ4v) is 1.86. The second-order valence-corrected chi connectivity index (χ2v) is 4.30. The fraction of sp³-hybridized carbons (Fsp3) is 0.308. The summed E-state index contributed by atoms with van der Waals surface area (Å²) in [5.74, 6) is -0.619. The molecule has 1 aromatic carbocycles. The maximum atomic E-state index is 11.5. The second-order valence-electron chi connectivity index (χ2n) is 4.30. The zero-order valence-corrected chi connectivity index (χ0v) is 10.7. The third-order valence-electron chi connectivity index (χ3n) is 2.98. The zero-order chi connectivity index (χ0) is 14.7. The molecule has 0 bridgehead atoms. The van der Waals surface area contributed by atoms with E-state index in [1.807, 2.05) is 0 Å². The van der Waals surface area contributed by atoms with Crippen LogP contribution in [0, 0.1) is 0 Å². The summed E-state index contributed by atoms with van der Waals surface area (Å²) in [4.78, 5) is 29.0. The van der Waals surface area contributed by atoms with Gasteiger partial charge in [-0.3, -0.25) is 9.59 Å². The van der Waals surface area contributed by atoms with Crippen LogP contribution in [0.25, 0.3) is 10.9 Å². The first-order chi connectivity index (χ1) is 9.52. The number of ether oxygens (including phenoxy) is 1. The lowest BCUT2D eigenvalue weighted by Gasteiger charge is -2.17. The topological polar surface area (TPSA) is 113 Å². The summed E-state index contributed by atoms with van der Waals surface area (Å²) in [5, 5.41) is 20.1. The number of H-pyrrole nitrogens is 1. The molecule has 20 heavy (non-hydrogen) atoms. The van der Waals surface area contributed by atoms with Gasteiger partial charge in [0, 0.05) is 0 Å². The minimum absolute atomic E-state index is 0.286. The van der Waals surface area contributed by atoms with Gasteiger partial charge in [0.05, 0.1) is 36.9 Å². The first-order valence-electron chi connectivity index (χ1n) is 5.93. The molecule has 0 aliphatic heterocycles. The van der Waals surface area contributed by atoms with Gasteiger partial charge in [-0.25, -0.2) is 4.98 Å². The zero-order valence-electron chi connectivity index (χ0n) is 10.7. The molecule has 106 valence electrons. The van der Waals surface area contributed by atoms with E-state index in [2.05, 4.69) is 14.7 Å². The molecule has 2 unspecified atom stereocenters. The van der Waals surface area contributed by atoms with Gasteiger partial charge in [-0.15, -0.1) is 0 Å². The van der Waals surface area contributed by atoms with Crippen LogP contribution >= 0.6 is 0 Å². The normalized spacial score (nSPS) is 13.9. The predicted octanol–water partition coefficient (Wildman–Crippen LogP) is -0.120. The third-order valence-corrected chi connectivity index (χ3v) is 2.98. The van der Waals surface area contributed by atoms with E-state index in [9.17, 15) is 19.8 Å². The first-order valence-corrected chi connectivity index (χ1v) is 5.93. The molecule has 0 aliphatic carbocycles. The van der Waals surface area contributed by atoms with Crippen molar-refractivity contribution in [3.05, 3.63) is 40.4 Å². The van der Waals surface area contributed by atoms with E-state index in [-0.39, 0.29) is 12.0 Å². The summed E-state index contributed by atoms with van der Waals surface area (Å²) in [6, 6.07) is 4.50. The van der Waals surface area contributed by atoms with Crippen molar-refractivity contribution in [2.75, 3.05) is 7.11 Å². The highest BCUT2D eigenvalue weighted by atomic mass is 16.5. The maximum Gasteiger partial charge on any atom is 0.308 e. The van der Waals surface area contributed by atoms with Gasteiger partial charge >= 0.3 is 5.97 Å². The minimum atomic E-state index is -1.29. The summed E-state index contributed by atoms with van der Waals surface area (Å²) in [7, 11) is 1.20.